The van der Waals surface area contributed by atoms with Crippen LogP contribution in [0, 0.1) is 0 Å². The molecule has 0 aliphatic carbocycles. The normalized spacial score (nSPS) is 12.4. The van der Waals surface area contributed by atoms with Gasteiger partial charge in [-0.1, -0.05) is 24.3 Å². The number of nitrogens with one attached hydrogen (secondary N) is 1. The molecule has 1 aromatic carbocycles. The molecule has 0 fully saturated rings. The van der Waals surface area contributed by atoms with Crippen molar-refractivity contribution in [3.8, 4) is 0 Å². The average Bonchev–Trinajstić information content (AvgIpc) is 2.57. The molecule has 0 saturated heterocycles. The highest BCUT2D eigenvalue weighted by Gasteiger charge is 2.25. The minimum Gasteiger partial charge on any atom is -0.467 e. The number of esters is 1. The maximum atomic E-state index is 12.0. The van der Waals surface area contributed by atoms with Gasteiger partial charge in [0.05, 0.1) is 7.11 Å². The van der Waals surface area contributed by atoms with Crippen molar-refractivity contribution in [3.05, 3.63) is 41.5 Å². The Morgan fingerprint density at radius 3 is 2.22 bits per heavy atom. The quantitative estimate of drug-likeness (QED) is 0.609. The molecule has 148 valence electrons. The van der Waals surface area contributed by atoms with Crippen LogP contribution in [-0.4, -0.2) is 55.7 Å². The fourth-order valence-corrected chi connectivity index (χ4v) is 2.10. The first-order valence-corrected chi connectivity index (χ1v) is 8.57. The SMILES string of the molecule is COC(=O)[C@H](Cc1ccc(C=CC(=O)N(C)C)cc1)NC(=O)OC(C)(C)C. The average molecular weight is 376 g/mol. The van der Waals surface area contributed by atoms with Gasteiger partial charge >= 0.3 is 12.1 Å². The summed E-state index contributed by atoms with van der Waals surface area (Å²) in [5, 5.41) is 2.54. The number of carbonyl (C=O) groups is 3. The molecule has 27 heavy (non-hydrogen) atoms. The van der Waals surface area contributed by atoms with Gasteiger partial charge in [-0.05, 0) is 38.0 Å². The van der Waals surface area contributed by atoms with Crippen LogP contribution in [0.25, 0.3) is 6.08 Å². The van der Waals surface area contributed by atoms with E-state index < -0.39 is 23.7 Å². The van der Waals surface area contributed by atoms with Gasteiger partial charge in [0, 0.05) is 26.6 Å². The van der Waals surface area contributed by atoms with E-state index in [1.165, 1.54) is 18.1 Å². The van der Waals surface area contributed by atoms with E-state index in [1.54, 1.807) is 40.9 Å². The largest absolute Gasteiger partial charge is 0.467 e. The monoisotopic (exact) mass is 376 g/mol. The number of nitrogens with zero attached hydrogens (tertiary/aromatic N) is 1. The number of hydrogen-bond donors (Lipinski definition) is 1. The van der Waals surface area contributed by atoms with Crippen LogP contribution in [0.15, 0.2) is 30.3 Å². The number of alkyl carbamates (subject to hydrolysis) is 1. The number of methoxy groups -OCH3 is 1. The van der Waals surface area contributed by atoms with E-state index in [9.17, 15) is 14.4 Å². The highest BCUT2D eigenvalue weighted by molar-refractivity contribution is 5.91. The second kappa shape index (κ2) is 9.75. The third-order valence-electron chi connectivity index (χ3n) is 3.46. The summed E-state index contributed by atoms with van der Waals surface area (Å²) in [5.74, 6) is -0.659. The summed E-state index contributed by atoms with van der Waals surface area (Å²) in [6.07, 6.45) is 2.77. The molecule has 0 aromatic heterocycles. The zero-order valence-electron chi connectivity index (χ0n) is 16.7. The van der Waals surface area contributed by atoms with E-state index in [2.05, 4.69) is 5.32 Å². The van der Waals surface area contributed by atoms with Gasteiger partial charge in [0.2, 0.25) is 5.91 Å². The van der Waals surface area contributed by atoms with E-state index in [4.69, 9.17) is 9.47 Å². The molecule has 0 spiro atoms. The molecule has 0 aliphatic rings. The maximum absolute atomic E-state index is 12.0. The van der Waals surface area contributed by atoms with Gasteiger partial charge in [-0.15, -0.1) is 0 Å². The standard InChI is InChI=1S/C20H28N2O5/c1-20(2,3)27-19(25)21-16(18(24)26-6)13-15-9-7-14(8-10-15)11-12-17(23)22(4)5/h7-12,16H,13H2,1-6H3,(H,21,25)/t16-/m0/s1. The highest BCUT2D eigenvalue weighted by atomic mass is 16.6. The van der Waals surface area contributed by atoms with Crippen molar-refractivity contribution in [2.45, 2.75) is 38.8 Å². The van der Waals surface area contributed by atoms with E-state index in [0.717, 1.165) is 11.1 Å². The molecule has 1 rings (SSSR count). The van der Waals surface area contributed by atoms with Crippen molar-refractivity contribution in [2.75, 3.05) is 21.2 Å². The Balaban J connectivity index is 2.80. The lowest BCUT2D eigenvalue weighted by atomic mass is 10.0. The Hall–Kier alpha value is -2.83. The molecule has 2 amide bonds. The van der Waals surface area contributed by atoms with Gasteiger partial charge in [-0.2, -0.15) is 0 Å². The molecule has 0 heterocycles. The summed E-state index contributed by atoms with van der Waals surface area (Å²) in [7, 11) is 4.63. The molecule has 0 bridgehead atoms. The lowest BCUT2D eigenvalue weighted by molar-refractivity contribution is -0.143. The number of amides is 2. The van der Waals surface area contributed by atoms with E-state index in [-0.39, 0.29) is 12.3 Å². The summed E-state index contributed by atoms with van der Waals surface area (Å²) in [6.45, 7) is 5.23. The van der Waals surface area contributed by atoms with E-state index in [0.29, 0.717) is 0 Å². The minimum absolute atomic E-state index is 0.105. The predicted octanol–water partition coefficient (Wildman–Crippen LogP) is 2.40. The van der Waals surface area contributed by atoms with Crippen molar-refractivity contribution in [3.63, 3.8) is 0 Å². The van der Waals surface area contributed by atoms with Crippen molar-refractivity contribution in [2.24, 2.45) is 0 Å². The van der Waals surface area contributed by atoms with Crippen LogP contribution in [-0.2, 0) is 25.5 Å². The van der Waals surface area contributed by atoms with Crippen molar-refractivity contribution in [1.29, 1.82) is 0 Å². The smallest absolute Gasteiger partial charge is 0.408 e. The predicted molar refractivity (Wildman–Crippen MR) is 103 cm³/mol. The lowest BCUT2D eigenvalue weighted by Gasteiger charge is -2.22. The van der Waals surface area contributed by atoms with Crippen molar-refractivity contribution in [1.82, 2.24) is 10.2 Å². The van der Waals surface area contributed by atoms with Crippen LogP contribution in [0.4, 0.5) is 4.79 Å². The summed E-state index contributed by atoms with van der Waals surface area (Å²) in [6, 6.07) is 6.45. The van der Waals surface area contributed by atoms with Crippen LogP contribution in [0.2, 0.25) is 0 Å². The first-order valence-electron chi connectivity index (χ1n) is 8.57. The first kappa shape index (κ1) is 22.2. The number of likely N-dealkylation sites (N-methyl/N-ethyl adjacent to an activating group) is 1. The first-order chi connectivity index (χ1) is 12.5. The zero-order chi connectivity index (χ0) is 20.6. The molecule has 0 aliphatic heterocycles. The molecule has 0 saturated carbocycles. The second-order valence-corrected chi connectivity index (χ2v) is 7.23. The number of benzene rings is 1. The van der Waals surface area contributed by atoms with Gasteiger partial charge in [-0.25, -0.2) is 9.59 Å². The Morgan fingerprint density at radius 1 is 1.15 bits per heavy atom. The van der Waals surface area contributed by atoms with Gasteiger partial charge in [0.15, 0.2) is 0 Å². The van der Waals surface area contributed by atoms with Gasteiger partial charge in [0.1, 0.15) is 11.6 Å². The van der Waals surface area contributed by atoms with Crippen LogP contribution in [0.3, 0.4) is 0 Å². The van der Waals surface area contributed by atoms with Gasteiger partial charge in [-0.3, -0.25) is 4.79 Å². The Kier molecular flexibility index (Phi) is 8.02. The van der Waals surface area contributed by atoms with Crippen LogP contribution in [0.5, 0.6) is 0 Å². The van der Waals surface area contributed by atoms with E-state index >= 15 is 0 Å². The minimum atomic E-state index is -0.860. The lowest BCUT2D eigenvalue weighted by Crippen LogP contribution is -2.45. The molecule has 0 radical (unpaired) electrons. The molecule has 7 heteroatoms. The van der Waals surface area contributed by atoms with Crippen LogP contribution < -0.4 is 5.32 Å². The second-order valence-electron chi connectivity index (χ2n) is 7.23. The van der Waals surface area contributed by atoms with Crippen molar-refractivity contribution >= 4 is 24.0 Å². The molecular formula is C20H28N2O5. The fraction of sp³-hybridized carbons (Fsp3) is 0.450. The summed E-state index contributed by atoms with van der Waals surface area (Å²) in [5.41, 5.74) is 1.02. The Morgan fingerprint density at radius 2 is 1.74 bits per heavy atom. The van der Waals surface area contributed by atoms with E-state index in [1.807, 2.05) is 24.3 Å². The topological polar surface area (TPSA) is 84.9 Å². The van der Waals surface area contributed by atoms with Crippen LogP contribution in [0.1, 0.15) is 31.9 Å². The Labute approximate surface area is 160 Å². The number of hydrogen-bond acceptors (Lipinski definition) is 5. The van der Waals surface area contributed by atoms with Gasteiger partial charge < -0.3 is 19.7 Å². The third kappa shape index (κ3) is 8.40. The molecule has 1 aromatic rings. The molecule has 0 unspecified atom stereocenters. The zero-order valence-corrected chi connectivity index (χ0v) is 16.7. The number of ether oxygens (including phenoxy) is 2. The Bertz CT molecular complexity index is 687. The van der Waals surface area contributed by atoms with Crippen LogP contribution >= 0.6 is 0 Å². The number of rotatable bonds is 6. The highest BCUT2D eigenvalue weighted by Crippen LogP contribution is 2.11. The fourth-order valence-electron chi connectivity index (χ4n) is 2.10. The van der Waals surface area contributed by atoms with Crippen molar-refractivity contribution < 1.29 is 23.9 Å². The third-order valence-corrected chi connectivity index (χ3v) is 3.46. The molecular weight excluding hydrogens is 348 g/mol. The summed E-state index contributed by atoms with van der Waals surface area (Å²) in [4.78, 5) is 37.0. The molecule has 1 atom stereocenters. The number of carbonyl (C=O) groups excluding carboxylic acids is 3. The summed E-state index contributed by atoms with van der Waals surface area (Å²) < 4.78 is 9.95. The maximum Gasteiger partial charge on any atom is 0.408 e. The molecule has 7 nitrogen and oxygen atoms in total. The summed E-state index contributed by atoms with van der Waals surface area (Å²) >= 11 is 0. The molecule has 1 N–H and O–H groups in total. The van der Waals surface area contributed by atoms with Gasteiger partial charge in [0.25, 0.3) is 0 Å².